The maximum atomic E-state index is 11.2. The molecule has 2 rings (SSSR count). The minimum absolute atomic E-state index is 0.116. The summed E-state index contributed by atoms with van der Waals surface area (Å²) in [7, 11) is -3.11. The molecule has 0 amide bonds. The van der Waals surface area contributed by atoms with E-state index in [-0.39, 0.29) is 6.04 Å². The second-order valence-electron chi connectivity index (χ2n) is 5.53. The summed E-state index contributed by atoms with van der Waals surface area (Å²) in [6, 6.07) is 7.09. The predicted molar refractivity (Wildman–Crippen MR) is 91.7 cm³/mol. The first kappa shape index (κ1) is 18.6. The molecule has 0 saturated carbocycles. The number of benzene rings is 1. The normalized spacial score (nSPS) is 14.4. The monoisotopic (exact) mass is 355 g/mol. The van der Waals surface area contributed by atoms with Gasteiger partial charge in [-0.1, -0.05) is 6.07 Å². The van der Waals surface area contributed by atoms with Crippen molar-refractivity contribution in [3.63, 3.8) is 0 Å². The first-order valence-corrected chi connectivity index (χ1v) is 9.00. The van der Waals surface area contributed by atoms with Crippen LogP contribution in [0.2, 0.25) is 0 Å². The quantitative estimate of drug-likeness (QED) is 0.419. The number of fused-ring (bicyclic) bond motifs is 1. The number of hydrogen-bond acceptors (Lipinski definition) is 6. The van der Waals surface area contributed by atoms with E-state index in [1.807, 2.05) is 19.1 Å². The van der Waals surface area contributed by atoms with Crippen molar-refractivity contribution in [1.29, 1.82) is 0 Å². The molecule has 0 saturated heterocycles. The fourth-order valence-corrected chi connectivity index (χ4v) is 2.79. The summed E-state index contributed by atoms with van der Waals surface area (Å²) in [6.07, 6.45) is 1.59. The van der Waals surface area contributed by atoms with E-state index in [0.717, 1.165) is 5.39 Å². The molecule has 0 spiro atoms. The molecule has 9 heteroatoms. The number of phosphoric ester groups is 1. The lowest BCUT2D eigenvalue weighted by Crippen LogP contribution is -2.26. The fourth-order valence-electron chi connectivity index (χ4n) is 2.30. The van der Waals surface area contributed by atoms with E-state index in [1.165, 1.54) is 0 Å². The summed E-state index contributed by atoms with van der Waals surface area (Å²) in [5.74, 6) is 0.597. The second kappa shape index (κ2) is 7.92. The van der Waals surface area contributed by atoms with Crippen molar-refractivity contribution in [3.05, 3.63) is 30.5 Å². The molecule has 1 aromatic carbocycles. The number of methoxy groups -OCH3 is 1. The van der Waals surface area contributed by atoms with Crippen LogP contribution in [-0.2, 0) is 9.09 Å². The summed E-state index contributed by atoms with van der Waals surface area (Å²) < 4.78 is 21.3. The van der Waals surface area contributed by atoms with Gasteiger partial charge in [-0.15, -0.1) is 0 Å². The highest BCUT2D eigenvalue weighted by molar-refractivity contribution is 7.46. The number of nitrogens with zero attached hydrogens (tertiary/aromatic N) is 1. The fraction of sp³-hybridized carbons (Fsp3) is 0.400. The minimum Gasteiger partial charge on any atom is -0.497 e. The van der Waals surface area contributed by atoms with E-state index in [0.29, 0.717) is 29.8 Å². The number of hydrogen-bond donors (Lipinski definition) is 4. The zero-order chi connectivity index (χ0) is 17.7. The van der Waals surface area contributed by atoms with Crippen LogP contribution < -0.4 is 15.8 Å². The summed E-state index contributed by atoms with van der Waals surface area (Å²) in [6.45, 7) is 1.82. The van der Waals surface area contributed by atoms with Gasteiger partial charge in [0.25, 0.3) is 0 Å². The van der Waals surface area contributed by atoms with Crippen LogP contribution in [0.4, 0.5) is 5.69 Å². The number of ether oxygens (including phenoxy) is 1. The summed E-state index contributed by atoms with van der Waals surface area (Å²) in [5, 5.41) is 3.83. The SMILES string of the molecule is COc1cc(NC(CCC(C)N)OP(=O)(O)O)c2ncccc2c1. The van der Waals surface area contributed by atoms with Gasteiger partial charge in [-0.25, -0.2) is 4.57 Å². The number of anilines is 1. The van der Waals surface area contributed by atoms with E-state index in [1.54, 1.807) is 25.4 Å². The van der Waals surface area contributed by atoms with Crippen LogP contribution in [0.3, 0.4) is 0 Å². The average Bonchev–Trinajstić information content (AvgIpc) is 2.51. The van der Waals surface area contributed by atoms with Crippen LogP contribution >= 0.6 is 7.82 Å². The maximum absolute atomic E-state index is 11.2. The van der Waals surface area contributed by atoms with Gasteiger partial charge in [0.2, 0.25) is 0 Å². The molecular weight excluding hydrogens is 333 g/mol. The van der Waals surface area contributed by atoms with Crippen molar-refractivity contribution in [2.45, 2.75) is 32.0 Å². The van der Waals surface area contributed by atoms with E-state index in [4.69, 9.17) is 24.8 Å². The highest BCUT2D eigenvalue weighted by Crippen LogP contribution is 2.39. The van der Waals surface area contributed by atoms with Gasteiger partial charge >= 0.3 is 7.82 Å². The van der Waals surface area contributed by atoms with Gasteiger partial charge in [0.05, 0.1) is 18.3 Å². The Morgan fingerprint density at radius 1 is 1.38 bits per heavy atom. The number of aromatic nitrogens is 1. The van der Waals surface area contributed by atoms with Crippen LogP contribution in [0.5, 0.6) is 5.75 Å². The van der Waals surface area contributed by atoms with Crippen LogP contribution in [0, 0.1) is 0 Å². The van der Waals surface area contributed by atoms with Gasteiger partial charge in [-0.05, 0) is 31.9 Å². The molecule has 0 aliphatic carbocycles. The zero-order valence-electron chi connectivity index (χ0n) is 13.5. The molecule has 1 heterocycles. The van der Waals surface area contributed by atoms with Gasteiger partial charge in [0.15, 0.2) is 0 Å². The number of rotatable bonds is 8. The van der Waals surface area contributed by atoms with Gasteiger partial charge in [0.1, 0.15) is 12.0 Å². The Kier molecular flexibility index (Phi) is 6.15. The first-order chi connectivity index (χ1) is 11.3. The first-order valence-electron chi connectivity index (χ1n) is 7.47. The largest absolute Gasteiger partial charge is 0.497 e. The molecule has 0 fully saturated rings. The van der Waals surface area contributed by atoms with E-state index >= 15 is 0 Å². The average molecular weight is 355 g/mol. The Labute approximate surface area is 140 Å². The van der Waals surface area contributed by atoms with Gasteiger partial charge in [-0.2, -0.15) is 0 Å². The second-order valence-corrected chi connectivity index (χ2v) is 6.73. The number of pyridine rings is 1. The molecule has 2 unspecified atom stereocenters. The van der Waals surface area contributed by atoms with Crippen molar-refractivity contribution in [3.8, 4) is 5.75 Å². The molecule has 132 valence electrons. The zero-order valence-corrected chi connectivity index (χ0v) is 14.4. The molecule has 1 aromatic heterocycles. The third-order valence-corrected chi connectivity index (χ3v) is 3.91. The summed E-state index contributed by atoms with van der Waals surface area (Å²) >= 11 is 0. The molecule has 0 aliphatic rings. The van der Waals surface area contributed by atoms with Crippen LogP contribution in [0.15, 0.2) is 30.5 Å². The van der Waals surface area contributed by atoms with Gasteiger partial charge in [-0.3, -0.25) is 9.51 Å². The number of nitrogens with one attached hydrogen (secondary N) is 1. The Morgan fingerprint density at radius 3 is 2.75 bits per heavy atom. The summed E-state index contributed by atoms with van der Waals surface area (Å²) in [4.78, 5) is 22.6. The molecule has 2 aromatic rings. The van der Waals surface area contributed by atoms with Crippen LogP contribution in [-0.4, -0.2) is 34.2 Å². The van der Waals surface area contributed by atoms with Gasteiger partial charge in [0, 0.05) is 23.7 Å². The van der Waals surface area contributed by atoms with E-state index < -0.39 is 14.1 Å². The van der Waals surface area contributed by atoms with E-state index in [9.17, 15) is 4.57 Å². The maximum Gasteiger partial charge on any atom is 0.471 e. The molecule has 8 nitrogen and oxygen atoms in total. The van der Waals surface area contributed by atoms with Crippen molar-refractivity contribution < 1.29 is 23.6 Å². The lowest BCUT2D eigenvalue weighted by molar-refractivity contribution is 0.141. The Balaban J connectivity index is 2.33. The smallest absolute Gasteiger partial charge is 0.471 e. The topological polar surface area (TPSA) is 127 Å². The molecule has 0 aliphatic heterocycles. The molecule has 0 radical (unpaired) electrons. The van der Waals surface area contributed by atoms with Crippen molar-refractivity contribution in [2.75, 3.05) is 12.4 Å². The Hall–Kier alpha value is -1.70. The van der Waals surface area contributed by atoms with Crippen molar-refractivity contribution in [1.82, 2.24) is 4.98 Å². The molecule has 0 bridgehead atoms. The summed E-state index contributed by atoms with van der Waals surface area (Å²) in [5.41, 5.74) is 6.94. The highest BCUT2D eigenvalue weighted by Gasteiger charge is 2.23. The van der Waals surface area contributed by atoms with Gasteiger partial charge < -0.3 is 25.6 Å². The Bertz CT molecular complexity index is 734. The number of phosphoric acid groups is 1. The lowest BCUT2D eigenvalue weighted by atomic mass is 10.1. The third-order valence-electron chi connectivity index (χ3n) is 3.38. The highest BCUT2D eigenvalue weighted by atomic mass is 31.2. The molecule has 24 heavy (non-hydrogen) atoms. The standard InChI is InChI=1S/C15H22N3O5P/c1-10(16)5-6-14(23-24(19,20)21)18-13-9-12(22-2)8-11-4-3-7-17-15(11)13/h3-4,7-10,14,18H,5-6,16H2,1-2H3,(H2,19,20,21). The van der Waals surface area contributed by atoms with E-state index in [2.05, 4.69) is 10.3 Å². The predicted octanol–water partition coefficient (Wildman–Crippen LogP) is 2.22. The van der Waals surface area contributed by atoms with Crippen LogP contribution in [0.25, 0.3) is 10.9 Å². The minimum atomic E-state index is -4.65. The Morgan fingerprint density at radius 2 is 2.12 bits per heavy atom. The lowest BCUT2D eigenvalue weighted by Gasteiger charge is -2.22. The molecule has 5 N–H and O–H groups in total. The third kappa shape index (κ3) is 5.43. The van der Waals surface area contributed by atoms with Crippen molar-refractivity contribution >= 4 is 24.4 Å². The van der Waals surface area contributed by atoms with Crippen LogP contribution in [0.1, 0.15) is 19.8 Å². The van der Waals surface area contributed by atoms with Crippen molar-refractivity contribution in [2.24, 2.45) is 5.73 Å². The number of nitrogens with two attached hydrogens (primary N) is 1. The molecule has 2 atom stereocenters. The molecular formula is C15H22N3O5P.